The Hall–Kier alpha value is -1.18. The highest BCUT2D eigenvalue weighted by atomic mass is 19.3. The van der Waals surface area contributed by atoms with Crippen LogP contribution in [0.1, 0.15) is 104 Å². The zero-order valence-corrected chi connectivity index (χ0v) is 21.2. The van der Waals surface area contributed by atoms with Crippen molar-refractivity contribution in [1.29, 1.82) is 0 Å². The second-order valence-electron chi connectivity index (χ2n) is 10.5. The molecule has 0 heterocycles. The lowest BCUT2D eigenvalue weighted by atomic mass is 9.65. The molecule has 1 aromatic rings. The molecule has 0 aliphatic heterocycles. The maximum Gasteiger partial charge on any atom is 0.242 e. The second kappa shape index (κ2) is 11.4. The summed E-state index contributed by atoms with van der Waals surface area (Å²) >= 11 is 0. The Morgan fingerprint density at radius 2 is 1.63 bits per heavy atom. The number of rotatable bonds is 10. The molecule has 1 aromatic carbocycles. The molecule has 0 N–H and O–H groups in total. The summed E-state index contributed by atoms with van der Waals surface area (Å²) in [6.45, 7) is 22.8. The zero-order valence-electron chi connectivity index (χ0n) is 21.2. The van der Waals surface area contributed by atoms with Gasteiger partial charge in [-0.3, -0.25) is 0 Å². The van der Waals surface area contributed by atoms with Crippen LogP contribution in [0.15, 0.2) is 29.3 Å². The van der Waals surface area contributed by atoms with Crippen LogP contribution in [-0.4, -0.2) is 6.43 Å². The van der Waals surface area contributed by atoms with Crippen LogP contribution in [0.2, 0.25) is 0 Å². The Bertz CT molecular complexity index is 693. The molecule has 0 saturated heterocycles. The molecule has 0 saturated carbocycles. The van der Waals surface area contributed by atoms with E-state index in [1.54, 1.807) is 0 Å². The number of allylic oxidation sites excluding steroid dienone is 2. The first-order chi connectivity index (χ1) is 13.8. The van der Waals surface area contributed by atoms with Crippen LogP contribution in [0.4, 0.5) is 8.78 Å². The molecule has 0 aliphatic rings. The average molecular weight is 421 g/mol. The summed E-state index contributed by atoms with van der Waals surface area (Å²) < 4.78 is 26.8. The molecular weight excluding hydrogens is 374 g/mol. The van der Waals surface area contributed by atoms with Crippen molar-refractivity contribution in [2.45, 2.75) is 107 Å². The molecule has 0 radical (unpaired) electrons. The molecule has 4 atom stereocenters. The predicted molar refractivity (Wildman–Crippen MR) is 128 cm³/mol. The van der Waals surface area contributed by atoms with Gasteiger partial charge < -0.3 is 0 Å². The Kier molecular flexibility index (Phi) is 10.2. The highest BCUT2D eigenvalue weighted by molar-refractivity contribution is 5.38. The van der Waals surface area contributed by atoms with Crippen molar-refractivity contribution in [1.82, 2.24) is 0 Å². The summed E-state index contributed by atoms with van der Waals surface area (Å²) in [6.07, 6.45) is 0.689. The Labute approximate surface area is 185 Å². The number of hydrogen-bond acceptors (Lipinski definition) is 0. The zero-order chi connectivity index (χ0) is 23.2. The van der Waals surface area contributed by atoms with Crippen molar-refractivity contribution in [2.75, 3.05) is 0 Å². The smallest absolute Gasteiger partial charge is 0.210 e. The van der Waals surface area contributed by atoms with Crippen LogP contribution in [0.3, 0.4) is 0 Å². The van der Waals surface area contributed by atoms with Crippen LogP contribution < -0.4 is 0 Å². The van der Waals surface area contributed by atoms with E-state index in [2.05, 4.69) is 75.3 Å². The third-order valence-electron chi connectivity index (χ3n) is 7.73. The molecule has 0 bridgehead atoms. The number of aryl methyl sites for hydroxylation is 1. The third-order valence-corrected chi connectivity index (χ3v) is 7.73. The van der Waals surface area contributed by atoms with Gasteiger partial charge in [0.15, 0.2) is 0 Å². The van der Waals surface area contributed by atoms with Gasteiger partial charge in [0, 0.05) is 6.42 Å². The molecule has 0 nitrogen and oxygen atoms in total. The maximum atomic E-state index is 13.4. The topological polar surface area (TPSA) is 0 Å². The first kappa shape index (κ1) is 26.9. The summed E-state index contributed by atoms with van der Waals surface area (Å²) in [5.41, 5.74) is 6.34. The lowest BCUT2D eigenvalue weighted by molar-refractivity contribution is 0.148. The highest BCUT2D eigenvalue weighted by Gasteiger charge is 2.34. The normalized spacial score (nSPS) is 17.5. The van der Waals surface area contributed by atoms with E-state index in [1.807, 2.05) is 12.1 Å². The van der Waals surface area contributed by atoms with Crippen LogP contribution in [-0.2, 0) is 6.42 Å². The van der Waals surface area contributed by atoms with E-state index in [0.29, 0.717) is 23.7 Å². The van der Waals surface area contributed by atoms with E-state index in [4.69, 9.17) is 0 Å². The third kappa shape index (κ3) is 6.92. The van der Waals surface area contributed by atoms with Crippen molar-refractivity contribution in [2.24, 2.45) is 23.2 Å². The fourth-order valence-electron chi connectivity index (χ4n) is 4.76. The van der Waals surface area contributed by atoms with Gasteiger partial charge in [-0.2, -0.15) is 0 Å². The second-order valence-corrected chi connectivity index (χ2v) is 10.5. The van der Waals surface area contributed by atoms with E-state index in [0.717, 1.165) is 30.4 Å². The summed E-state index contributed by atoms with van der Waals surface area (Å²) in [6, 6.07) is 5.96. The highest BCUT2D eigenvalue weighted by Crippen LogP contribution is 2.45. The molecule has 0 aromatic heterocycles. The van der Waals surface area contributed by atoms with Gasteiger partial charge in [0.2, 0.25) is 6.43 Å². The lowest BCUT2D eigenvalue weighted by Gasteiger charge is -2.40. The summed E-state index contributed by atoms with van der Waals surface area (Å²) in [5, 5.41) is 0. The fourth-order valence-corrected chi connectivity index (χ4v) is 4.76. The average Bonchev–Trinajstić information content (AvgIpc) is 2.66. The minimum atomic E-state index is -2.31. The van der Waals surface area contributed by atoms with Gasteiger partial charge in [0.05, 0.1) is 0 Å². The summed E-state index contributed by atoms with van der Waals surface area (Å²) in [4.78, 5) is 0. The van der Waals surface area contributed by atoms with E-state index in [-0.39, 0.29) is 11.8 Å². The summed E-state index contributed by atoms with van der Waals surface area (Å²) in [5.74, 6) is 1.70. The molecule has 30 heavy (non-hydrogen) atoms. The minimum absolute atomic E-state index is 0.147. The van der Waals surface area contributed by atoms with Crippen molar-refractivity contribution in [3.63, 3.8) is 0 Å². The number of benzene rings is 1. The van der Waals surface area contributed by atoms with Gasteiger partial charge in [0.1, 0.15) is 0 Å². The first-order valence-corrected chi connectivity index (χ1v) is 11.9. The van der Waals surface area contributed by atoms with Crippen LogP contribution >= 0.6 is 0 Å². The summed E-state index contributed by atoms with van der Waals surface area (Å²) in [7, 11) is 0. The van der Waals surface area contributed by atoms with Gasteiger partial charge in [-0.1, -0.05) is 84.2 Å². The fraction of sp³-hybridized carbons (Fsp3) is 0.714. The first-order valence-electron chi connectivity index (χ1n) is 11.9. The van der Waals surface area contributed by atoms with Crippen LogP contribution in [0.5, 0.6) is 0 Å². The van der Waals surface area contributed by atoms with E-state index in [1.165, 1.54) is 16.7 Å². The maximum absolute atomic E-state index is 13.4. The number of halogens is 2. The van der Waals surface area contributed by atoms with Crippen molar-refractivity contribution >= 4 is 0 Å². The van der Waals surface area contributed by atoms with Crippen LogP contribution in [0.25, 0.3) is 0 Å². The van der Waals surface area contributed by atoms with Crippen LogP contribution in [0, 0.1) is 30.1 Å². The van der Waals surface area contributed by atoms with Gasteiger partial charge in [0.25, 0.3) is 0 Å². The molecule has 4 unspecified atom stereocenters. The molecule has 0 aliphatic carbocycles. The van der Waals surface area contributed by atoms with Gasteiger partial charge in [-0.05, 0) is 79.4 Å². The number of alkyl halides is 2. The van der Waals surface area contributed by atoms with Crippen molar-refractivity contribution < 1.29 is 8.78 Å². The Balaban J connectivity index is 3.58. The standard InChI is InChI=1S/C28H46F2/c1-11-18(3)21(6)25(22(7)28(8,9)10)17-24(19(4)12-2)27-20(5)14-13-15-23(27)16-26(29)30/h13-15,19,22,24-26H,11-12,16-17H2,1-10H3/b21-18+. The van der Waals surface area contributed by atoms with Gasteiger partial charge in [-0.25, -0.2) is 8.78 Å². The van der Waals surface area contributed by atoms with Gasteiger partial charge in [-0.15, -0.1) is 0 Å². The van der Waals surface area contributed by atoms with Crippen molar-refractivity contribution in [3.05, 3.63) is 46.0 Å². The van der Waals surface area contributed by atoms with E-state index < -0.39 is 6.43 Å². The largest absolute Gasteiger partial charge is 0.242 e. The minimum Gasteiger partial charge on any atom is -0.210 e. The lowest BCUT2D eigenvalue weighted by Crippen LogP contribution is -2.30. The van der Waals surface area contributed by atoms with Gasteiger partial charge >= 0.3 is 0 Å². The molecular formula is C28H46F2. The molecule has 1 rings (SSSR count). The molecule has 0 amide bonds. The van der Waals surface area contributed by atoms with Crippen molar-refractivity contribution in [3.8, 4) is 0 Å². The number of hydrogen-bond donors (Lipinski definition) is 0. The van der Waals surface area contributed by atoms with E-state index >= 15 is 0 Å². The molecule has 0 fully saturated rings. The molecule has 172 valence electrons. The molecule has 0 spiro atoms. The monoisotopic (exact) mass is 420 g/mol. The Morgan fingerprint density at radius 3 is 2.10 bits per heavy atom. The Morgan fingerprint density at radius 1 is 1.03 bits per heavy atom. The quantitative estimate of drug-likeness (QED) is 0.331. The van der Waals surface area contributed by atoms with E-state index in [9.17, 15) is 8.78 Å². The predicted octanol–water partition coefficient (Wildman–Crippen LogP) is 9.37. The molecule has 2 heteroatoms. The SMILES string of the molecule is CC/C(C)=C(\C)C(CC(c1c(C)cccc1CC(F)F)C(C)CC)C(C)C(C)(C)C.